The second-order valence-electron chi connectivity index (χ2n) is 4.90. The van der Waals surface area contributed by atoms with Crippen molar-refractivity contribution in [1.82, 2.24) is 10.1 Å². The van der Waals surface area contributed by atoms with E-state index in [1.54, 1.807) is 0 Å². The maximum atomic E-state index is 10.9. The Hall–Kier alpha value is -2.42. The number of carbonyl (C=O) groups is 3. The fourth-order valence-corrected chi connectivity index (χ4v) is 2.15. The first-order valence-electron chi connectivity index (χ1n) is 6.47. The highest BCUT2D eigenvalue weighted by molar-refractivity contribution is 6.27. The van der Waals surface area contributed by atoms with Gasteiger partial charge in [0.05, 0.1) is 11.7 Å². The van der Waals surface area contributed by atoms with Gasteiger partial charge in [-0.15, -0.1) is 0 Å². The van der Waals surface area contributed by atoms with Crippen LogP contribution >= 0.6 is 0 Å². The Labute approximate surface area is 126 Å². The third kappa shape index (κ3) is 5.17. The number of likely N-dealkylation sites (N-methyl/N-ethyl adjacent to an activating group) is 1. The lowest BCUT2D eigenvalue weighted by Gasteiger charge is -2.14. The van der Waals surface area contributed by atoms with Crippen molar-refractivity contribution in [3.05, 3.63) is 17.5 Å². The van der Waals surface area contributed by atoms with Crippen molar-refractivity contribution < 1.29 is 33.9 Å². The zero-order valence-electron chi connectivity index (χ0n) is 12.5. The van der Waals surface area contributed by atoms with Crippen LogP contribution in [0, 0.1) is 6.92 Å². The summed E-state index contributed by atoms with van der Waals surface area (Å²) >= 11 is 0. The third-order valence-electron chi connectivity index (χ3n) is 3.00. The van der Waals surface area contributed by atoms with Crippen LogP contribution in [0.3, 0.4) is 0 Å². The number of carbonyl (C=O) groups excluding carboxylic acids is 1. The lowest BCUT2D eigenvalue weighted by Crippen LogP contribution is -2.21. The summed E-state index contributed by atoms with van der Waals surface area (Å²) in [5.41, 5.74) is 0.874. The van der Waals surface area contributed by atoms with Gasteiger partial charge in [0.1, 0.15) is 6.10 Å². The highest BCUT2D eigenvalue weighted by atomic mass is 16.5. The van der Waals surface area contributed by atoms with Gasteiger partial charge in [-0.1, -0.05) is 5.16 Å². The molecule has 22 heavy (non-hydrogen) atoms. The summed E-state index contributed by atoms with van der Waals surface area (Å²) in [5, 5.41) is 18.7. The van der Waals surface area contributed by atoms with E-state index in [-0.39, 0.29) is 18.1 Å². The standard InChI is InChI=1S/C11H16N2O3.C2H2O4/c1-7-4-11(16-12-7)10-5-9(6-13(10)3)15-8(2)14;3-1(4)2(5)6/h4,9-10H,5-6H2,1-3H3;(H,3,4)(H,5,6)/t9-,10+;/m1./s1. The number of aliphatic carboxylic acids is 2. The van der Waals surface area contributed by atoms with Gasteiger partial charge in [-0.25, -0.2) is 9.59 Å². The molecule has 122 valence electrons. The number of nitrogens with zero attached hydrogens (tertiary/aromatic N) is 2. The van der Waals surface area contributed by atoms with Gasteiger partial charge in [-0.05, 0) is 14.0 Å². The highest BCUT2D eigenvalue weighted by Gasteiger charge is 2.34. The summed E-state index contributed by atoms with van der Waals surface area (Å²) in [6.07, 6.45) is 0.725. The maximum absolute atomic E-state index is 10.9. The van der Waals surface area contributed by atoms with E-state index in [1.165, 1.54) is 6.92 Å². The lowest BCUT2D eigenvalue weighted by molar-refractivity contribution is -0.159. The molecule has 1 fully saturated rings. The Balaban J connectivity index is 0.000000346. The van der Waals surface area contributed by atoms with E-state index < -0.39 is 11.9 Å². The molecule has 1 aromatic rings. The van der Waals surface area contributed by atoms with Crippen LogP contribution in [-0.2, 0) is 19.1 Å². The smallest absolute Gasteiger partial charge is 0.414 e. The van der Waals surface area contributed by atoms with Crippen LogP contribution in [0.1, 0.15) is 30.8 Å². The SMILES string of the molecule is CC(=O)O[C@@H]1C[C@@H](c2cc(C)no2)N(C)C1.O=C(O)C(=O)O. The minimum absolute atomic E-state index is 0.0436. The number of hydrogen-bond donors (Lipinski definition) is 2. The van der Waals surface area contributed by atoms with Gasteiger partial charge in [0.25, 0.3) is 0 Å². The predicted molar refractivity (Wildman–Crippen MR) is 72.1 cm³/mol. The monoisotopic (exact) mass is 314 g/mol. The van der Waals surface area contributed by atoms with E-state index in [0.29, 0.717) is 0 Å². The summed E-state index contributed by atoms with van der Waals surface area (Å²) < 4.78 is 10.4. The number of carboxylic acids is 2. The van der Waals surface area contributed by atoms with Gasteiger partial charge >= 0.3 is 17.9 Å². The van der Waals surface area contributed by atoms with Crippen LogP contribution in [0.4, 0.5) is 0 Å². The topological polar surface area (TPSA) is 130 Å². The highest BCUT2D eigenvalue weighted by Crippen LogP contribution is 2.32. The summed E-state index contributed by atoms with van der Waals surface area (Å²) in [6.45, 7) is 4.07. The molecule has 9 heteroatoms. The largest absolute Gasteiger partial charge is 0.473 e. The number of aryl methyl sites for hydroxylation is 1. The van der Waals surface area contributed by atoms with E-state index in [9.17, 15) is 4.79 Å². The Morgan fingerprint density at radius 1 is 1.36 bits per heavy atom. The van der Waals surface area contributed by atoms with Crippen molar-refractivity contribution in [2.75, 3.05) is 13.6 Å². The van der Waals surface area contributed by atoms with Gasteiger partial charge in [0.2, 0.25) is 0 Å². The number of esters is 1. The third-order valence-corrected chi connectivity index (χ3v) is 3.00. The number of hydrogen-bond acceptors (Lipinski definition) is 7. The van der Waals surface area contributed by atoms with Crippen molar-refractivity contribution in [3.8, 4) is 0 Å². The van der Waals surface area contributed by atoms with Crippen LogP contribution in [0.15, 0.2) is 10.6 Å². The van der Waals surface area contributed by atoms with Crippen molar-refractivity contribution in [2.45, 2.75) is 32.4 Å². The number of aromatic nitrogens is 1. The normalized spacial score (nSPS) is 20.9. The molecule has 2 rings (SSSR count). The molecule has 0 radical (unpaired) electrons. The van der Waals surface area contributed by atoms with Gasteiger partial charge in [-0.2, -0.15) is 0 Å². The predicted octanol–water partition coefficient (Wildman–Crippen LogP) is 0.447. The van der Waals surface area contributed by atoms with Crippen molar-refractivity contribution >= 4 is 17.9 Å². The average Bonchev–Trinajstić information content (AvgIpc) is 2.95. The average molecular weight is 314 g/mol. The molecule has 0 spiro atoms. The summed E-state index contributed by atoms with van der Waals surface area (Å²) in [5.74, 6) is -3.03. The molecule has 0 aliphatic carbocycles. The molecular formula is C13H18N2O7. The number of rotatable bonds is 2. The number of likely N-dealkylation sites (tertiary alicyclic amines) is 1. The van der Waals surface area contributed by atoms with E-state index in [1.807, 2.05) is 20.0 Å². The minimum Gasteiger partial charge on any atom is -0.473 e. The van der Waals surface area contributed by atoms with Crippen LogP contribution in [0.25, 0.3) is 0 Å². The quantitative estimate of drug-likeness (QED) is 0.590. The van der Waals surface area contributed by atoms with Gasteiger partial charge in [-0.3, -0.25) is 9.69 Å². The van der Waals surface area contributed by atoms with Gasteiger partial charge in [0, 0.05) is 26.0 Å². The van der Waals surface area contributed by atoms with Crippen molar-refractivity contribution in [2.24, 2.45) is 0 Å². The molecule has 1 aliphatic rings. The number of carboxylic acid groups (broad SMARTS) is 2. The number of ether oxygens (including phenoxy) is 1. The molecule has 0 unspecified atom stereocenters. The van der Waals surface area contributed by atoms with Crippen LogP contribution in [0.2, 0.25) is 0 Å². The molecule has 2 N–H and O–H groups in total. The zero-order chi connectivity index (χ0) is 16.9. The molecule has 0 saturated carbocycles. The van der Waals surface area contributed by atoms with E-state index in [4.69, 9.17) is 29.1 Å². The van der Waals surface area contributed by atoms with Gasteiger partial charge in [0.15, 0.2) is 5.76 Å². The molecule has 2 atom stereocenters. The summed E-state index contributed by atoms with van der Waals surface area (Å²) in [6, 6.07) is 2.09. The second kappa shape index (κ2) is 7.55. The molecule has 1 aliphatic heterocycles. The van der Waals surface area contributed by atoms with Crippen LogP contribution in [0.5, 0.6) is 0 Å². The molecule has 0 aromatic carbocycles. The first-order chi connectivity index (χ1) is 10.2. The molecule has 1 saturated heterocycles. The fourth-order valence-electron chi connectivity index (χ4n) is 2.15. The molecule has 0 bridgehead atoms. The summed E-state index contributed by atoms with van der Waals surface area (Å²) in [4.78, 5) is 31.2. The van der Waals surface area contributed by atoms with Crippen molar-refractivity contribution in [1.29, 1.82) is 0 Å². The minimum atomic E-state index is -1.82. The summed E-state index contributed by atoms with van der Waals surface area (Å²) in [7, 11) is 1.99. The second-order valence-corrected chi connectivity index (χ2v) is 4.90. The van der Waals surface area contributed by atoms with Crippen molar-refractivity contribution in [3.63, 3.8) is 0 Å². The Morgan fingerprint density at radius 3 is 2.36 bits per heavy atom. The van der Waals surface area contributed by atoms with Gasteiger partial charge < -0.3 is 19.5 Å². The Bertz CT molecular complexity index is 542. The first-order valence-corrected chi connectivity index (χ1v) is 6.47. The molecule has 1 aromatic heterocycles. The lowest BCUT2D eigenvalue weighted by atomic mass is 10.1. The fraction of sp³-hybridized carbons (Fsp3) is 0.538. The van der Waals surface area contributed by atoms with E-state index in [2.05, 4.69) is 10.1 Å². The maximum Gasteiger partial charge on any atom is 0.414 e. The van der Waals surface area contributed by atoms with E-state index in [0.717, 1.165) is 24.4 Å². The Kier molecular flexibility index (Phi) is 6.05. The molecule has 2 heterocycles. The Morgan fingerprint density at radius 2 is 1.95 bits per heavy atom. The first kappa shape index (κ1) is 17.6. The zero-order valence-corrected chi connectivity index (χ0v) is 12.5. The van der Waals surface area contributed by atoms with E-state index >= 15 is 0 Å². The molecular weight excluding hydrogens is 296 g/mol. The molecule has 0 amide bonds. The van der Waals surface area contributed by atoms with Crippen LogP contribution in [-0.4, -0.2) is 57.9 Å². The van der Waals surface area contributed by atoms with Crippen LogP contribution < -0.4 is 0 Å². The molecule has 9 nitrogen and oxygen atoms in total.